The van der Waals surface area contributed by atoms with E-state index in [4.69, 9.17) is 5.26 Å². The first-order chi connectivity index (χ1) is 7.16. The fourth-order valence-corrected chi connectivity index (χ4v) is 3.67. The predicted octanol–water partition coefficient (Wildman–Crippen LogP) is 1.88. The van der Waals surface area contributed by atoms with Crippen molar-refractivity contribution < 1.29 is 8.42 Å². The fourth-order valence-electron chi connectivity index (χ4n) is 1.67. The number of nitriles is 1. The van der Waals surface area contributed by atoms with Crippen molar-refractivity contribution in [1.82, 2.24) is 0 Å². The van der Waals surface area contributed by atoms with Gasteiger partial charge in [0.05, 0.1) is 15.7 Å². The topological polar surface area (TPSA) is 57.9 Å². The highest BCUT2D eigenvalue weighted by molar-refractivity contribution is 7.92. The minimum atomic E-state index is -3.27. The largest absolute Gasteiger partial charge is 0.223 e. The van der Waals surface area contributed by atoms with E-state index in [-0.39, 0.29) is 15.7 Å². The normalized spacial score (nSPS) is 16.7. The van der Waals surface area contributed by atoms with Crippen molar-refractivity contribution in [2.75, 3.05) is 0 Å². The standard InChI is InChI=1S/C11H11NO2S/c12-8-9-4-1-2-7-11(9)15(13,14)10-5-3-6-10/h1-2,4,7,10H,3,5-6H2. The summed E-state index contributed by atoms with van der Waals surface area (Å²) >= 11 is 0. The molecule has 0 saturated heterocycles. The summed E-state index contributed by atoms with van der Waals surface area (Å²) in [5, 5.41) is 8.57. The maximum Gasteiger partial charge on any atom is 0.182 e. The van der Waals surface area contributed by atoms with Crippen LogP contribution in [-0.2, 0) is 9.84 Å². The van der Waals surface area contributed by atoms with Gasteiger partial charge in [-0.25, -0.2) is 8.42 Å². The zero-order valence-electron chi connectivity index (χ0n) is 8.18. The van der Waals surface area contributed by atoms with Crippen molar-refractivity contribution in [2.24, 2.45) is 0 Å². The molecule has 3 nitrogen and oxygen atoms in total. The van der Waals surface area contributed by atoms with Crippen LogP contribution in [0.3, 0.4) is 0 Å². The average molecular weight is 221 g/mol. The van der Waals surface area contributed by atoms with Gasteiger partial charge in [-0.3, -0.25) is 0 Å². The fraction of sp³-hybridized carbons (Fsp3) is 0.364. The average Bonchev–Trinajstić information content (AvgIpc) is 2.14. The van der Waals surface area contributed by atoms with Gasteiger partial charge in [0, 0.05) is 0 Å². The van der Waals surface area contributed by atoms with Gasteiger partial charge in [-0.2, -0.15) is 5.26 Å². The SMILES string of the molecule is N#Cc1ccccc1S(=O)(=O)C1CCC1. The Balaban J connectivity index is 2.49. The molecule has 15 heavy (non-hydrogen) atoms. The highest BCUT2D eigenvalue weighted by Gasteiger charge is 2.33. The van der Waals surface area contributed by atoms with Crippen molar-refractivity contribution >= 4 is 9.84 Å². The zero-order chi connectivity index (χ0) is 10.9. The molecular formula is C11H11NO2S. The molecule has 4 heteroatoms. The first kappa shape index (κ1) is 10.2. The van der Waals surface area contributed by atoms with Crippen LogP contribution in [0.25, 0.3) is 0 Å². The predicted molar refractivity (Wildman–Crippen MR) is 56.0 cm³/mol. The number of hydrogen-bond acceptors (Lipinski definition) is 3. The lowest BCUT2D eigenvalue weighted by atomic mass is 10.00. The lowest BCUT2D eigenvalue weighted by molar-refractivity contribution is 0.476. The molecule has 0 amide bonds. The third kappa shape index (κ3) is 1.64. The Labute approximate surface area is 89.3 Å². The first-order valence-corrected chi connectivity index (χ1v) is 6.44. The molecule has 0 N–H and O–H groups in total. The van der Waals surface area contributed by atoms with E-state index in [0.29, 0.717) is 0 Å². The maximum atomic E-state index is 12.0. The van der Waals surface area contributed by atoms with Crippen LogP contribution >= 0.6 is 0 Å². The lowest BCUT2D eigenvalue weighted by Crippen LogP contribution is -2.28. The molecule has 1 fully saturated rings. The summed E-state index contributed by atoms with van der Waals surface area (Å²) < 4.78 is 24.1. The molecule has 1 aromatic rings. The van der Waals surface area contributed by atoms with E-state index in [1.165, 1.54) is 6.07 Å². The van der Waals surface area contributed by atoms with Gasteiger partial charge >= 0.3 is 0 Å². The molecule has 0 unspecified atom stereocenters. The van der Waals surface area contributed by atoms with E-state index >= 15 is 0 Å². The summed E-state index contributed by atoms with van der Waals surface area (Å²) in [6.45, 7) is 0. The molecule has 0 radical (unpaired) electrons. The van der Waals surface area contributed by atoms with E-state index in [1.807, 2.05) is 6.07 Å². The molecule has 0 spiro atoms. The summed E-state index contributed by atoms with van der Waals surface area (Å²) in [5.41, 5.74) is 0.254. The van der Waals surface area contributed by atoms with Crippen molar-refractivity contribution in [3.8, 4) is 6.07 Å². The Kier molecular flexibility index (Phi) is 2.49. The summed E-state index contributed by atoms with van der Waals surface area (Å²) in [5.74, 6) is 0. The van der Waals surface area contributed by atoms with Crippen LogP contribution in [0.1, 0.15) is 24.8 Å². The number of sulfone groups is 1. The zero-order valence-corrected chi connectivity index (χ0v) is 9.00. The first-order valence-electron chi connectivity index (χ1n) is 4.89. The van der Waals surface area contributed by atoms with Crippen LogP contribution in [0.15, 0.2) is 29.2 Å². The highest BCUT2D eigenvalue weighted by Crippen LogP contribution is 2.32. The Bertz CT molecular complexity index is 510. The summed E-state index contributed by atoms with van der Waals surface area (Å²) in [6.07, 6.45) is 2.42. The molecule has 1 aliphatic carbocycles. The van der Waals surface area contributed by atoms with E-state index in [1.54, 1.807) is 18.2 Å². The second kappa shape index (κ2) is 3.67. The minimum Gasteiger partial charge on any atom is -0.223 e. The molecule has 0 atom stereocenters. The lowest BCUT2D eigenvalue weighted by Gasteiger charge is -2.25. The van der Waals surface area contributed by atoms with Crippen LogP contribution < -0.4 is 0 Å². The molecule has 2 rings (SSSR count). The number of rotatable bonds is 2. The Morgan fingerprint density at radius 1 is 1.27 bits per heavy atom. The monoisotopic (exact) mass is 221 g/mol. The van der Waals surface area contributed by atoms with Crippen LogP contribution in [0.4, 0.5) is 0 Å². The molecule has 1 aliphatic rings. The molecule has 0 bridgehead atoms. The second-order valence-electron chi connectivity index (χ2n) is 3.71. The molecular weight excluding hydrogens is 210 g/mol. The van der Waals surface area contributed by atoms with Gasteiger partial charge in [-0.1, -0.05) is 18.6 Å². The van der Waals surface area contributed by atoms with Crippen LogP contribution in [-0.4, -0.2) is 13.7 Å². The van der Waals surface area contributed by atoms with Crippen molar-refractivity contribution in [2.45, 2.75) is 29.4 Å². The smallest absolute Gasteiger partial charge is 0.182 e. The molecule has 1 aromatic carbocycles. The van der Waals surface area contributed by atoms with Gasteiger partial charge in [0.15, 0.2) is 9.84 Å². The Hall–Kier alpha value is -1.34. The van der Waals surface area contributed by atoms with Crippen molar-refractivity contribution in [3.05, 3.63) is 29.8 Å². The van der Waals surface area contributed by atoms with Crippen molar-refractivity contribution in [3.63, 3.8) is 0 Å². The quantitative estimate of drug-likeness (QED) is 0.766. The van der Waals surface area contributed by atoms with Gasteiger partial charge in [-0.15, -0.1) is 0 Å². The Morgan fingerprint density at radius 2 is 1.93 bits per heavy atom. The van der Waals surface area contributed by atoms with Gasteiger partial charge in [-0.05, 0) is 25.0 Å². The van der Waals surface area contributed by atoms with Gasteiger partial charge in [0.1, 0.15) is 6.07 Å². The van der Waals surface area contributed by atoms with Gasteiger partial charge in [0.25, 0.3) is 0 Å². The highest BCUT2D eigenvalue weighted by atomic mass is 32.2. The van der Waals surface area contributed by atoms with E-state index < -0.39 is 9.84 Å². The molecule has 0 heterocycles. The molecule has 1 saturated carbocycles. The third-order valence-corrected chi connectivity index (χ3v) is 5.12. The van der Waals surface area contributed by atoms with E-state index in [0.717, 1.165) is 19.3 Å². The third-order valence-electron chi connectivity index (χ3n) is 2.81. The Morgan fingerprint density at radius 3 is 2.47 bits per heavy atom. The molecule has 0 aliphatic heterocycles. The van der Waals surface area contributed by atoms with Crippen LogP contribution in [0.2, 0.25) is 0 Å². The summed E-state index contributed by atoms with van der Waals surface area (Å²) in [4.78, 5) is 0.192. The van der Waals surface area contributed by atoms with Gasteiger partial charge < -0.3 is 0 Å². The van der Waals surface area contributed by atoms with Gasteiger partial charge in [0.2, 0.25) is 0 Å². The summed E-state index contributed by atoms with van der Waals surface area (Å²) in [6, 6.07) is 8.33. The molecule has 0 aromatic heterocycles. The van der Waals surface area contributed by atoms with E-state index in [9.17, 15) is 8.42 Å². The minimum absolute atomic E-state index is 0.192. The maximum absolute atomic E-state index is 12.0. The van der Waals surface area contributed by atoms with Crippen LogP contribution in [0.5, 0.6) is 0 Å². The van der Waals surface area contributed by atoms with E-state index in [2.05, 4.69) is 0 Å². The van der Waals surface area contributed by atoms with Crippen molar-refractivity contribution in [1.29, 1.82) is 5.26 Å². The molecule has 78 valence electrons. The summed E-state index contributed by atoms with van der Waals surface area (Å²) in [7, 11) is -3.27. The van der Waals surface area contributed by atoms with Crippen LogP contribution in [0, 0.1) is 11.3 Å². The second-order valence-corrected chi connectivity index (χ2v) is 5.90. The number of hydrogen-bond donors (Lipinski definition) is 0. The number of nitrogens with zero attached hydrogens (tertiary/aromatic N) is 1. The number of benzene rings is 1.